The molecule has 1 fully saturated rings. The highest BCUT2D eigenvalue weighted by Gasteiger charge is 2.25. The Hall–Kier alpha value is -3.00. The zero-order chi connectivity index (χ0) is 24.4. The number of nitrogens with zero attached hydrogens (tertiary/aromatic N) is 3. The fourth-order valence-corrected chi connectivity index (χ4v) is 5.90. The SMILES string of the molecule is COc1cc2ccccc2cc1C(=O)N(CCCN1CCOCC1)c1nc2c(C)cc(C)cc2s1. The van der Waals surface area contributed by atoms with Crippen LogP contribution in [0.25, 0.3) is 21.0 Å². The van der Waals surface area contributed by atoms with Crippen molar-refractivity contribution in [1.82, 2.24) is 9.88 Å². The minimum Gasteiger partial charge on any atom is -0.496 e. The molecule has 0 radical (unpaired) electrons. The van der Waals surface area contributed by atoms with Crippen LogP contribution in [-0.2, 0) is 4.74 Å². The van der Waals surface area contributed by atoms with Gasteiger partial charge in [0.05, 0.1) is 36.1 Å². The van der Waals surface area contributed by atoms with E-state index >= 15 is 0 Å². The van der Waals surface area contributed by atoms with Gasteiger partial charge in [-0.05, 0) is 60.4 Å². The summed E-state index contributed by atoms with van der Waals surface area (Å²) in [6.07, 6.45) is 0.857. The Morgan fingerprint density at radius 1 is 1.11 bits per heavy atom. The molecule has 5 rings (SSSR count). The Balaban J connectivity index is 1.51. The second-order valence-electron chi connectivity index (χ2n) is 9.09. The van der Waals surface area contributed by atoms with E-state index in [1.807, 2.05) is 41.3 Å². The Bertz CT molecular complexity index is 1360. The number of amides is 1. The van der Waals surface area contributed by atoms with Gasteiger partial charge in [-0.25, -0.2) is 4.98 Å². The monoisotopic (exact) mass is 489 g/mol. The zero-order valence-corrected chi connectivity index (χ0v) is 21.4. The summed E-state index contributed by atoms with van der Waals surface area (Å²) in [5.41, 5.74) is 3.86. The smallest absolute Gasteiger partial charge is 0.263 e. The highest BCUT2D eigenvalue weighted by atomic mass is 32.1. The molecular formula is C28H31N3O3S. The number of morpholine rings is 1. The van der Waals surface area contributed by atoms with E-state index in [0.717, 1.165) is 71.0 Å². The summed E-state index contributed by atoms with van der Waals surface area (Å²) in [5, 5.41) is 2.79. The maximum absolute atomic E-state index is 14.1. The number of ether oxygens (including phenoxy) is 2. The summed E-state index contributed by atoms with van der Waals surface area (Å²) in [6.45, 7) is 9.10. The number of rotatable bonds is 7. The number of carbonyl (C=O) groups excluding carboxylic acids is 1. The van der Waals surface area contributed by atoms with Gasteiger partial charge < -0.3 is 9.47 Å². The van der Waals surface area contributed by atoms with Gasteiger partial charge in [-0.3, -0.25) is 14.6 Å². The fraction of sp³-hybridized carbons (Fsp3) is 0.357. The number of hydrogen-bond donors (Lipinski definition) is 0. The largest absolute Gasteiger partial charge is 0.496 e. The number of anilines is 1. The molecule has 0 N–H and O–H groups in total. The highest BCUT2D eigenvalue weighted by Crippen LogP contribution is 2.34. The molecule has 0 unspecified atom stereocenters. The number of carbonyl (C=O) groups is 1. The van der Waals surface area contributed by atoms with Gasteiger partial charge in [0.2, 0.25) is 0 Å². The number of aromatic nitrogens is 1. The van der Waals surface area contributed by atoms with Crippen LogP contribution in [0.15, 0.2) is 48.5 Å². The molecule has 0 atom stereocenters. The lowest BCUT2D eigenvalue weighted by Gasteiger charge is -2.28. The van der Waals surface area contributed by atoms with Gasteiger partial charge in [0.1, 0.15) is 5.75 Å². The third-order valence-corrected chi connectivity index (χ3v) is 7.58. The van der Waals surface area contributed by atoms with E-state index in [9.17, 15) is 4.79 Å². The van der Waals surface area contributed by atoms with Crippen LogP contribution in [-0.4, -0.2) is 62.3 Å². The maximum Gasteiger partial charge on any atom is 0.263 e. The van der Waals surface area contributed by atoms with Crippen LogP contribution in [0.3, 0.4) is 0 Å². The third-order valence-electron chi connectivity index (χ3n) is 6.55. The van der Waals surface area contributed by atoms with Crippen LogP contribution < -0.4 is 9.64 Å². The first kappa shape index (κ1) is 23.7. The molecule has 182 valence electrons. The van der Waals surface area contributed by atoms with Gasteiger partial charge in [-0.15, -0.1) is 0 Å². The normalized spacial score (nSPS) is 14.5. The summed E-state index contributed by atoms with van der Waals surface area (Å²) < 4.78 is 12.3. The Kier molecular flexibility index (Phi) is 7.00. The van der Waals surface area contributed by atoms with Crippen molar-refractivity contribution in [2.75, 3.05) is 51.4 Å². The lowest BCUT2D eigenvalue weighted by Crippen LogP contribution is -2.39. The van der Waals surface area contributed by atoms with Gasteiger partial charge in [-0.1, -0.05) is 41.7 Å². The molecule has 0 aliphatic carbocycles. The average Bonchev–Trinajstić information content (AvgIpc) is 3.30. The van der Waals surface area contributed by atoms with Crippen molar-refractivity contribution in [2.45, 2.75) is 20.3 Å². The molecule has 35 heavy (non-hydrogen) atoms. The van der Waals surface area contributed by atoms with E-state index in [1.165, 1.54) is 5.56 Å². The minimum atomic E-state index is -0.0805. The van der Waals surface area contributed by atoms with E-state index in [1.54, 1.807) is 18.4 Å². The van der Waals surface area contributed by atoms with Crippen LogP contribution in [0.2, 0.25) is 0 Å². The molecule has 0 bridgehead atoms. The first-order valence-corrected chi connectivity index (χ1v) is 12.9. The van der Waals surface area contributed by atoms with E-state index in [-0.39, 0.29) is 5.91 Å². The standard InChI is InChI=1S/C28H31N3O3S/c1-19-15-20(2)26-25(16-19)35-28(29-26)31(10-6-9-30-11-13-34-14-12-30)27(32)23-17-21-7-4-5-8-22(21)18-24(23)33-3/h4-5,7-8,15-18H,6,9-14H2,1-3H3. The number of fused-ring (bicyclic) bond motifs is 2. The highest BCUT2D eigenvalue weighted by molar-refractivity contribution is 7.22. The van der Waals surface area contributed by atoms with Crippen molar-refractivity contribution in [2.24, 2.45) is 0 Å². The third kappa shape index (κ3) is 5.03. The molecule has 1 aliphatic rings. The maximum atomic E-state index is 14.1. The lowest BCUT2D eigenvalue weighted by atomic mass is 10.0. The Morgan fingerprint density at radius 2 is 1.86 bits per heavy atom. The van der Waals surface area contributed by atoms with E-state index in [4.69, 9.17) is 14.5 Å². The molecule has 1 amide bonds. The van der Waals surface area contributed by atoms with Gasteiger partial charge >= 0.3 is 0 Å². The molecule has 4 aromatic rings. The number of hydrogen-bond acceptors (Lipinski definition) is 6. The molecule has 0 saturated carbocycles. The topological polar surface area (TPSA) is 54.9 Å². The molecule has 7 heteroatoms. The second-order valence-corrected chi connectivity index (χ2v) is 10.1. The van der Waals surface area contributed by atoms with E-state index < -0.39 is 0 Å². The van der Waals surface area contributed by atoms with Crippen LogP contribution in [0, 0.1) is 13.8 Å². The lowest BCUT2D eigenvalue weighted by molar-refractivity contribution is 0.0376. The van der Waals surface area contributed by atoms with E-state index in [0.29, 0.717) is 17.9 Å². The van der Waals surface area contributed by atoms with Crippen LogP contribution in [0.5, 0.6) is 5.75 Å². The van der Waals surface area contributed by atoms with Gasteiger partial charge in [0.15, 0.2) is 5.13 Å². The molecule has 1 aromatic heterocycles. The molecule has 1 aliphatic heterocycles. The summed E-state index contributed by atoms with van der Waals surface area (Å²) in [4.78, 5) is 23.2. The molecular weight excluding hydrogens is 458 g/mol. The molecule has 3 aromatic carbocycles. The van der Waals surface area contributed by atoms with E-state index in [2.05, 4.69) is 30.9 Å². The number of benzene rings is 3. The first-order valence-electron chi connectivity index (χ1n) is 12.1. The number of methoxy groups -OCH3 is 1. The molecule has 2 heterocycles. The van der Waals surface area contributed by atoms with Gasteiger partial charge in [-0.2, -0.15) is 0 Å². The molecule has 6 nitrogen and oxygen atoms in total. The van der Waals surface area contributed by atoms with Gasteiger partial charge in [0, 0.05) is 26.2 Å². The minimum absolute atomic E-state index is 0.0805. The van der Waals surface area contributed by atoms with Crippen LogP contribution >= 0.6 is 11.3 Å². The summed E-state index contributed by atoms with van der Waals surface area (Å²) in [6, 6.07) is 16.2. The quantitative estimate of drug-likeness (QED) is 0.346. The van der Waals surface area contributed by atoms with Crippen LogP contribution in [0.4, 0.5) is 5.13 Å². The zero-order valence-electron chi connectivity index (χ0n) is 20.5. The van der Waals surface area contributed by atoms with Crippen molar-refractivity contribution in [3.63, 3.8) is 0 Å². The average molecular weight is 490 g/mol. The van der Waals surface area contributed by atoms with Crippen molar-refractivity contribution in [1.29, 1.82) is 0 Å². The summed E-state index contributed by atoms with van der Waals surface area (Å²) in [5.74, 6) is 0.503. The summed E-state index contributed by atoms with van der Waals surface area (Å²) >= 11 is 1.58. The van der Waals surface area contributed by atoms with Crippen molar-refractivity contribution in [3.05, 3.63) is 65.2 Å². The van der Waals surface area contributed by atoms with Crippen LogP contribution in [0.1, 0.15) is 27.9 Å². The predicted molar refractivity (Wildman–Crippen MR) is 143 cm³/mol. The fourth-order valence-electron chi connectivity index (χ4n) is 4.74. The number of thiazole rings is 1. The Morgan fingerprint density at radius 3 is 2.60 bits per heavy atom. The molecule has 1 saturated heterocycles. The van der Waals surface area contributed by atoms with Crippen molar-refractivity contribution >= 4 is 43.4 Å². The number of aryl methyl sites for hydroxylation is 2. The Labute approximate surface area is 210 Å². The predicted octanol–water partition coefficient (Wildman–Crippen LogP) is 5.44. The van der Waals surface area contributed by atoms with Crippen molar-refractivity contribution < 1.29 is 14.3 Å². The first-order chi connectivity index (χ1) is 17.0. The molecule has 0 spiro atoms. The summed E-state index contributed by atoms with van der Waals surface area (Å²) in [7, 11) is 1.62. The van der Waals surface area contributed by atoms with Crippen molar-refractivity contribution in [3.8, 4) is 5.75 Å². The second kappa shape index (κ2) is 10.3. The van der Waals surface area contributed by atoms with Gasteiger partial charge in [0.25, 0.3) is 5.91 Å².